The normalized spacial score (nSPS) is 15.9. The smallest absolute Gasteiger partial charge is 0.271 e. The first-order valence-corrected chi connectivity index (χ1v) is 6.67. The van der Waals surface area contributed by atoms with Gasteiger partial charge < -0.3 is 11.1 Å². The number of amides is 1. The highest BCUT2D eigenvalue weighted by Crippen LogP contribution is 2.34. The van der Waals surface area contributed by atoms with Crippen molar-refractivity contribution >= 4 is 5.91 Å². The van der Waals surface area contributed by atoms with Crippen LogP contribution in [0.5, 0.6) is 0 Å². The minimum absolute atomic E-state index is 0.0346. The Labute approximate surface area is 113 Å². The number of pyridine rings is 1. The van der Waals surface area contributed by atoms with E-state index in [0.29, 0.717) is 11.3 Å². The van der Waals surface area contributed by atoms with Crippen LogP contribution in [-0.4, -0.2) is 23.0 Å². The Bertz CT molecular complexity index is 518. The van der Waals surface area contributed by atoms with Crippen molar-refractivity contribution in [2.24, 2.45) is 5.73 Å². The molecular formula is C15H19N3O. The van der Waals surface area contributed by atoms with E-state index in [1.807, 2.05) is 0 Å². The zero-order valence-electron chi connectivity index (χ0n) is 11.2. The third kappa shape index (κ3) is 2.94. The molecule has 4 nitrogen and oxygen atoms in total. The maximum Gasteiger partial charge on any atom is 0.271 e. The van der Waals surface area contributed by atoms with Gasteiger partial charge in [0.25, 0.3) is 5.91 Å². The highest BCUT2D eigenvalue weighted by atomic mass is 16.2. The molecule has 3 N–H and O–H groups in total. The van der Waals surface area contributed by atoms with Gasteiger partial charge in [-0.1, -0.05) is 18.8 Å². The van der Waals surface area contributed by atoms with Gasteiger partial charge in [0.2, 0.25) is 0 Å². The summed E-state index contributed by atoms with van der Waals surface area (Å²) in [6.07, 6.45) is 5.84. The van der Waals surface area contributed by atoms with E-state index in [1.165, 1.54) is 6.42 Å². The minimum Gasteiger partial charge on any atom is -0.345 e. The first kappa shape index (κ1) is 13.6. The molecular weight excluding hydrogens is 238 g/mol. The molecule has 0 bridgehead atoms. The third-order valence-corrected chi connectivity index (χ3v) is 3.71. The second-order valence-electron chi connectivity index (χ2n) is 4.85. The maximum absolute atomic E-state index is 12.3. The Morgan fingerprint density at radius 3 is 2.95 bits per heavy atom. The minimum atomic E-state index is -0.136. The summed E-state index contributed by atoms with van der Waals surface area (Å²) in [6.45, 7) is 2.38. The largest absolute Gasteiger partial charge is 0.345 e. The number of nitrogens with one attached hydrogen (secondary N) is 1. The van der Waals surface area contributed by atoms with Gasteiger partial charge in [-0.25, -0.2) is 4.98 Å². The van der Waals surface area contributed by atoms with Crippen LogP contribution in [0.4, 0.5) is 0 Å². The summed E-state index contributed by atoms with van der Waals surface area (Å²) in [6, 6.07) is 3.57. The molecule has 0 atom stereocenters. The Kier molecular flexibility index (Phi) is 4.18. The van der Waals surface area contributed by atoms with Crippen molar-refractivity contribution in [2.45, 2.75) is 38.1 Å². The lowest BCUT2D eigenvalue weighted by Crippen LogP contribution is -2.53. The van der Waals surface area contributed by atoms with Crippen molar-refractivity contribution in [1.82, 2.24) is 10.3 Å². The third-order valence-electron chi connectivity index (χ3n) is 3.71. The summed E-state index contributed by atoms with van der Waals surface area (Å²) in [4.78, 5) is 16.5. The summed E-state index contributed by atoms with van der Waals surface area (Å²) < 4.78 is 0. The molecule has 0 spiro atoms. The monoisotopic (exact) mass is 257 g/mol. The van der Waals surface area contributed by atoms with Gasteiger partial charge in [0.05, 0.1) is 12.1 Å². The summed E-state index contributed by atoms with van der Waals surface area (Å²) in [5.74, 6) is 5.52. The van der Waals surface area contributed by atoms with Crippen molar-refractivity contribution in [3.63, 3.8) is 0 Å². The predicted octanol–water partition coefficient (Wildman–Crippen LogP) is 1.45. The lowest BCUT2D eigenvalue weighted by molar-refractivity contribution is 0.0815. The Balaban J connectivity index is 2.19. The van der Waals surface area contributed by atoms with Crippen LogP contribution < -0.4 is 11.1 Å². The first-order valence-electron chi connectivity index (χ1n) is 6.67. The highest BCUT2D eigenvalue weighted by Gasteiger charge is 2.37. The van der Waals surface area contributed by atoms with Crippen molar-refractivity contribution in [2.75, 3.05) is 6.54 Å². The molecule has 100 valence electrons. The molecule has 1 heterocycles. The molecule has 1 saturated carbocycles. The van der Waals surface area contributed by atoms with E-state index in [1.54, 1.807) is 18.3 Å². The fourth-order valence-electron chi connectivity index (χ4n) is 2.30. The van der Waals surface area contributed by atoms with Gasteiger partial charge in [0.1, 0.15) is 5.69 Å². The van der Waals surface area contributed by atoms with E-state index in [-0.39, 0.29) is 18.0 Å². The summed E-state index contributed by atoms with van der Waals surface area (Å²) in [5, 5.41) is 3.11. The molecule has 0 radical (unpaired) electrons. The van der Waals surface area contributed by atoms with Gasteiger partial charge >= 0.3 is 0 Å². The van der Waals surface area contributed by atoms with Crippen molar-refractivity contribution < 1.29 is 4.79 Å². The van der Waals surface area contributed by atoms with E-state index in [9.17, 15) is 4.79 Å². The van der Waals surface area contributed by atoms with Gasteiger partial charge in [-0.05, 0) is 37.8 Å². The number of aromatic nitrogens is 1. The van der Waals surface area contributed by atoms with Crippen LogP contribution in [-0.2, 0) is 0 Å². The highest BCUT2D eigenvalue weighted by molar-refractivity contribution is 5.95. The predicted molar refractivity (Wildman–Crippen MR) is 74.5 cm³/mol. The first-order chi connectivity index (χ1) is 9.21. The Morgan fingerprint density at radius 2 is 2.37 bits per heavy atom. The fraction of sp³-hybridized carbons (Fsp3) is 0.467. The molecule has 4 heteroatoms. The molecule has 0 aliphatic heterocycles. The molecule has 1 aromatic rings. The number of rotatable bonds is 3. The molecule has 1 amide bonds. The van der Waals surface area contributed by atoms with Crippen LogP contribution in [0.2, 0.25) is 0 Å². The summed E-state index contributed by atoms with van der Waals surface area (Å²) in [5.41, 5.74) is 6.35. The Morgan fingerprint density at radius 1 is 1.58 bits per heavy atom. The van der Waals surface area contributed by atoms with E-state index >= 15 is 0 Å². The number of carbonyl (C=O) groups excluding carboxylic acids is 1. The Hall–Kier alpha value is -1.86. The second kappa shape index (κ2) is 5.85. The lowest BCUT2D eigenvalue weighted by Gasteiger charge is -2.41. The maximum atomic E-state index is 12.3. The molecule has 1 aromatic heterocycles. The molecule has 0 aromatic carbocycles. The van der Waals surface area contributed by atoms with Crippen LogP contribution >= 0.6 is 0 Å². The van der Waals surface area contributed by atoms with Crippen molar-refractivity contribution in [3.05, 3.63) is 29.6 Å². The van der Waals surface area contributed by atoms with Crippen molar-refractivity contribution in [1.29, 1.82) is 0 Å². The second-order valence-corrected chi connectivity index (χ2v) is 4.85. The number of nitrogens with two attached hydrogens (primary N) is 1. The lowest BCUT2D eigenvalue weighted by atomic mass is 9.75. The zero-order chi connectivity index (χ0) is 13.7. The number of hydrogen-bond donors (Lipinski definition) is 2. The molecule has 0 saturated heterocycles. The average Bonchev–Trinajstić information content (AvgIpc) is 2.40. The molecule has 0 unspecified atom stereocenters. The van der Waals surface area contributed by atoms with Crippen LogP contribution in [0.15, 0.2) is 18.3 Å². The number of carbonyl (C=O) groups is 1. The van der Waals surface area contributed by atoms with Gasteiger partial charge in [-0.2, -0.15) is 0 Å². The standard InChI is InChI=1S/C15H19N3O/c1-2-15(8-5-9-15)18-14(19)13-12(6-3-10-16)7-4-11-17-13/h4,7,11H,2,5,8-10,16H2,1H3,(H,18,19). The fourth-order valence-corrected chi connectivity index (χ4v) is 2.30. The zero-order valence-corrected chi connectivity index (χ0v) is 11.2. The van der Waals surface area contributed by atoms with E-state index in [4.69, 9.17) is 5.73 Å². The molecule has 1 fully saturated rings. The molecule has 1 aliphatic rings. The van der Waals surface area contributed by atoms with E-state index < -0.39 is 0 Å². The quantitative estimate of drug-likeness (QED) is 0.805. The SMILES string of the molecule is CCC1(NC(=O)c2ncccc2C#CCN)CCC1. The van der Waals surface area contributed by atoms with E-state index in [2.05, 4.69) is 29.1 Å². The number of hydrogen-bond acceptors (Lipinski definition) is 3. The summed E-state index contributed by atoms with van der Waals surface area (Å²) >= 11 is 0. The molecule has 19 heavy (non-hydrogen) atoms. The summed E-state index contributed by atoms with van der Waals surface area (Å²) in [7, 11) is 0. The van der Waals surface area contributed by atoms with Crippen LogP contribution in [0.25, 0.3) is 0 Å². The van der Waals surface area contributed by atoms with Crippen LogP contribution in [0, 0.1) is 11.8 Å². The van der Waals surface area contributed by atoms with Gasteiger partial charge in [0.15, 0.2) is 0 Å². The molecule has 1 aliphatic carbocycles. The van der Waals surface area contributed by atoms with Crippen LogP contribution in [0.1, 0.15) is 48.7 Å². The van der Waals surface area contributed by atoms with E-state index in [0.717, 1.165) is 19.3 Å². The molecule has 2 rings (SSSR count). The van der Waals surface area contributed by atoms with Crippen LogP contribution in [0.3, 0.4) is 0 Å². The van der Waals surface area contributed by atoms with Gasteiger partial charge in [-0.3, -0.25) is 4.79 Å². The van der Waals surface area contributed by atoms with Gasteiger partial charge in [-0.15, -0.1) is 0 Å². The van der Waals surface area contributed by atoms with Crippen molar-refractivity contribution in [3.8, 4) is 11.8 Å². The topological polar surface area (TPSA) is 68.0 Å². The van der Waals surface area contributed by atoms with Gasteiger partial charge in [0, 0.05) is 11.7 Å². The number of nitrogens with zero attached hydrogens (tertiary/aromatic N) is 1. The average molecular weight is 257 g/mol.